The zero-order valence-corrected chi connectivity index (χ0v) is 17.1. The summed E-state index contributed by atoms with van der Waals surface area (Å²) in [5, 5.41) is 0. The molecule has 2 aromatic carbocycles. The zero-order chi connectivity index (χ0) is 20.1. The van der Waals surface area contributed by atoms with Crippen LogP contribution in [0.3, 0.4) is 0 Å². The van der Waals surface area contributed by atoms with E-state index < -0.39 is 0 Å². The van der Waals surface area contributed by atoms with Crippen LogP contribution in [-0.2, 0) is 12.8 Å². The Morgan fingerprint density at radius 3 is 2.52 bits per heavy atom. The van der Waals surface area contributed by atoms with Gasteiger partial charge in [0.05, 0.1) is 17.0 Å². The number of ketones is 1. The number of rotatable bonds is 2. The van der Waals surface area contributed by atoms with Gasteiger partial charge in [-0.05, 0) is 62.3 Å². The number of carbonyl (C=O) groups excluding carboxylic acids is 1. The minimum Gasteiger partial charge on any atom is -0.307 e. The number of fused-ring (bicyclic) bond motifs is 2. The quantitative estimate of drug-likeness (QED) is 0.618. The Hall–Kier alpha value is -3.01. The third-order valence-corrected chi connectivity index (χ3v) is 6.35. The second kappa shape index (κ2) is 6.80. The van der Waals surface area contributed by atoms with Gasteiger partial charge in [0.25, 0.3) is 0 Å². The molecule has 4 heteroatoms. The maximum absolute atomic E-state index is 13.0. The highest BCUT2D eigenvalue weighted by Gasteiger charge is 2.34. The molecule has 2 aliphatic rings. The fourth-order valence-electron chi connectivity index (χ4n) is 5.00. The summed E-state index contributed by atoms with van der Waals surface area (Å²) in [6.07, 6.45) is 2.30. The molecule has 5 rings (SSSR count). The maximum Gasteiger partial charge on any atom is 0.230 e. The van der Waals surface area contributed by atoms with E-state index >= 15 is 0 Å². The number of hydrogen-bond acceptors (Lipinski definition) is 4. The Bertz CT molecular complexity index is 1120. The molecule has 0 saturated heterocycles. The molecular formula is C25H25N3O. The highest BCUT2D eigenvalue weighted by molar-refractivity contribution is 6.00. The van der Waals surface area contributed by atoms with Crippen molar-refractivity contribution in [2.75, 3.05) is 4.90 Å². The lowest BCUT2D eigenvalue weighted by Crippen LogP contribution is -2.29. The van der Waals surface area contributed by atoms with E-state index in [4.69, 9.17) is 9.97 Å². The van der Waals surface area contributed by atoms with Gasteiger partial charge in [0.1, 0.15) is 0 Å². The molecule has 1 aliphatic carbocycles. The maximum atomic E-state index is 13.0. The first kappa shape index (κ1) is 18.0. The van der Waals surface area contributed by atoms with Crippen molar-refractivity contribution in [3.8, 4) is 0 Å². The highest BCUT2D eigenvalue weighted by Crippen LogP contribution is 2.39. The molecule has 1 aromatic heterocycles. The Balaban J connectivity index is 1.58. The van der Waals surface area contributed by atoms with Gasteiger partial charge in [-0.15, -0.1) is 0 Å². The Morgan fingerprint density at radius 1 is 0.931 bits per heavy atom. The summed E-state index contributed by atoms with van der Waals surface area (Å²) >= 11 is 0. The third-order valence-electron chi connectivity index (χ3n) is 6.35. The van der Waals surface area contributed by atoms with Gasteiger partial charge >= 0.3 is 0 Å². The number of benzene rings is 2. The van der Waals surface area contributed by atoms with Crippen molar-refractivity contribution in [3.63, 3.8) is 0 Å². The van der Waals surface area contributed by atoms with Crippen LogP contribution in [0.5, 0.6) is 0 Å². The summed E-state index contributed by atoms with van der Waals surface area (Å²) in [7, 11) is 0. The molecule has 0 spiro atoms. The number of Topliss-reactive ketones (excluding diaryl/α,β-unsaturated/α-hetero) is 1. The molecule has 0 amide bonds. The van der Waals surface area contributed by atoms with Gasteiger partial charge < -0.3 is 4.90 Å². The summed E-state index contributed by atoms with van der Waals surface area (Å²) < 4.78 is 0. The summed E-state index contributed by atoms with van der Waals surface area (Å²) in [6.45, 7) is 6.27. The lowest BCUT2D eigenvalue weighted by molar-refractivity contribution is 0.0962. The largest absolute Gasteiger partial charge is 0.307 e. The van der Waals surface area contributed by atoms with Crippen LogP contribution in [0.1, 0.15) is 57.7 Å². The first-order chi connectivity index (χ1) is 14.0. The van der Waals surface area contributed by atoms with Gasteiger partial charge in [0.2, 0.25) is 5.95 Å². The van der Waals surface area contributed by atoms with Crippen molar-refractivity contribution in [3.05, 3.63) is 82.2 Å². The second-order valence-electron chi connectivity index (χ2n) is 8.37. The normalized spacial score (nSPS) is 20.5. The summed E-state index contributed by atoms with van der Waals surface area (Å²) in [4.78, 5) is 25.0. The molecule has 0 N–H and O–H groups in total. The van der Waals surface area contributed by atoms with Crippen molar-refractivity contribution in [1.82, 2.24) is 9.97 Å². The van der Waals surface area contributed by atoms with Gasteiger partial charge in [-0.2, -0.15) is 0 Å². The molecule has 0 fully saturated rings. The monoisotopic (exact) mass is 383 g/mol. The zero-order valence-electron chi connectivity index (χ0n) is 17.1. The second-order valence-corrected chi connectivity index (χ2v) is 8.37. The first-order valence-corrected chi connectivity index (χ1v) is 10.4. The molecule has 0 unspecified atom stereocenters. The molecule has 29 heavy (non-hydrogen) atoms. The topological polar surface area (TPSA) is 46.1 Å². The van der Waals surface area contributed by atoms with Crippen molar-refractivity contribution >= 4 is 17.4 Å². The predicted molar refractivity (Wildman–Crippen MR) is 115 cm³/mol. The number of hydrogen-bond donors (Lipinski definition) is 0. The smallest absolute Gasteiger partial charge is 0.230 e. The van der Waals surface area contributed by atoms with Crippen molar-refractivity contribution in [1.29, 1.82) is 0 Å². The summed E-state index contributed by atoms with van der Waals surface area (Å²) in [6, 6.07) is 17.1. The molecule has 0 bridgehead atoms. The lowest BCUT2D eigenvalue weighted by atomic mass is 9.80. The standard InChI is InChI=1S/C25H25N3O/c1-15-8-4-6-10-20(15)19-13-21-24(23(29)14-19)17(3)26-25(27-21)28-16(2)12-18-9-5-7-11-22(18)28/h4-11,16,19H,12-14H2,1-3H3/t16-,19-/m0/s1. The Labute approximate surface area is 171 Å². The Morgan fingerprint density at radius 2 is 1.69 bits per heavy atom. The minimum absolute atomic E-state index is 0.165. The molecule has 0 saturated carbocycles. The number of aryl methyl sites for hydroxylation is 2. The summed E-state index contributed by atoms with van der Waals surface area (Å²) in [5.74, 6) is 1.07. The molecular weight excluding hydrogens is 358 g/mol. The van der Waals surface area contributed by atoms with E-state index in [0.29, 0.717) is 12.5 Å². The van der Waals surface area contributed by atoms with E-state index in [1.54, 1.807) is 0 Å². The fraction of sp³-hybridized carbons (Fsp3) is 0.320. The van der Waals surface area contributed by atoms with E-state index in [-0.39, 0.29) is 11.7 Å². The van der Waals surface area contributed by atoms with Crippen molar-refractivity contribution < 1.29 is 4.79 Å². The average molecular weight is 383 g/mol. The molecule has 0 radical (unpaired) electrons. The van der Waals surface area contributed by atoms with Crippen LogP contribution >= 0.6 is 0 Å². The van der Waals surface area contributed by atoms with Crippen LogP contribution in [0.25, 0.3) is 0 Å². The number of anilines is 2. The van der Waals surface area contributed by atoms with Crippen LogP contribution in [0, 0.1) is 13.8 Å². The number of nitrogens with zero attached hydrogens (tertiary/aromatic N) is 3. The van der Waals surface area contributed by atoms with Crippen LogP contribution in [0.15, 0.2) is 48.5 Å². The van der Waals surface area contributed by atoms with E-state index in [1.807, 2.05) is 13.0 Å². The van der Waals surface area contributed by atoms with Crippen LogP contribution in [-0.4, -0.2) is 21.8 Å². The number of para-hydroxylation sites is 1. The minimum atomic E-state index is 0.165. The molecule has 3 aromatic rings. The predicted octanol–water partition coefficient (Wildman–Crippen LogP) is 5.09. The molecule has 1 aliphatic heterocycles. The van der Waals surface area contributed by atoms with Gasteiger partial charge in [0.15, 0.2) is 5.78 Å². The number of carbonyl (C=O) groups is 1. The van der Waals surface area contributed by atoms with Gasteiger partial charge in [-0.1, -0.05) is 42.5 Å². The van der Waals surface area contributed by atoms with Crippen molar-refractivity contribution in [2.45, 2.75) is 52.0 Å². The first-order valence-electron chi connectivity index (χ1n) is 10.4. The van der Waals surface area contributed by atoms with E-state index in [1.165, 1.54) is 22.4 Å². The van der Waals surface area contributed by atoms with Crippen LogP contribution in [0.4, 0.5) is 11.6 Å². The summed E-state index contributed by atoms with van der Waals surface area (Å²) in [5.41, 5.74) is 7.43. The molecule has 2 heterocycles. The Kier molecular flexibility index (Phi) is 4.23. The van der Waals surface area contributed by atoms with E-state index in [2.05, 4.69) is 61.2 Å². The SMILES string of the molecule is Cc1ccccc1[C@@H]1CC(=O)c2c(C)nc(N3c4ccccc4C[C@@H]3C)nc2C1. The van der Waals surface area contributed by atoms with Gasteiger partial charge in [0, 0.05) is 18.2 Å². The molecule has 4 nitrogen and oxygen atoms in total. The average Bonchev–Trinajstić information content (AvgIpc) is 3.03. The number of aromatic nitrogens is 2. The fourth-order valence-corrected chi connectivity index (χ4v) is 5.00. The van der Waals surface area contributed by atoms with Gasteiger partial charge in [-0.3, -0.25) is 4.79 Å². The van der Waals surface area contributed by atoms with E-state index in [0.717, 1.165) is 35.7 Å². The lowest BCUT2D eigenvalue weighted by Gasteiger charge is -2.28. The molecule has 146 valence electrons. The molecule has 2 atom stereocenters. The van der Waals surface area contributed by atoms with Crippen LogP contribution < -0.4 is 4.90 Å². The highest BCUT2D eigenvalue weighted by atomic mass is 16.1. The van der Waals surface area contributed by atoms with Crippen LogP contribution in [0.2, 0.25) is 0 Å². The van der Waals surface area contributed by atoms with Gasteiger partial charge in [-0.25, -0.2) is 9.97 Å². The van der Waals surface area contributed by atoms with E-state index in [9.17, 15) is 4.79 Å². The third kappa shape index (κ3) is 2.94. The van der Waals surface area contributed by atoms with Crippen molar-refractivity contribution in [2.24, 2.45) is 0 Å².